The van der Waals surface area contributed by atoms with Crippen molar-refractivity contribution in [2.75, 3.05) is 13.7 Å². The van der Waals surface area contributed by atoms with Crippen LogP contribution in [0.25, 0.3) is 16.9 Å². The van der Waals surface area contributed by atoms with Crippen molar-refractivity contribution in [3.05, 3.63) is 72.4 Å². The molecule has 3 aromatic rings. The smallest absolute Gasteiger partial charge is 0.323 e. The average molecular weight is 458 g/mol. The highest BCUT2D eigenvalue weighted by molar-refractivity contribution is 6.07. The molecule has 1 aliphatic carbocycles. The van der Waals surface area contributed by atoms with Gasteiger partial charge in [0.05, 0.1) is 18.1 Å². The van der Waals surface area contributed by atoms with E-state index >= 15 is 0 Å². The first-order valence-corrected chi connectivity index (χ1v) is 12.0. The molecule has 2 heterocycles. The summed E-state index contributed by atoms with van der Waals surface area (Å²) < 4.78 is 1.89. The highest BCUT2D eigenvalue weighted by atomic mass is 16.2. The Hall–Kier alpha value is -3.45. The summed E-state index contributed by atoms with van der Waals surface area (Å²) in [5.41, 5.74) is 3.21. The molecule has 0 radical (unpaired) electrons. The lowest BCUT2D eigenvalue weighted by molar-refractivity contribution is -0.135. The number of imide groups is 1. The third-order valence-corrected chi connectivity index (χ3v) is 7.18. The van der Waals surface area contributed by atoms with Gasteiger partial charge in [-0.25, -0.2) is 14.4 Å². The summed E-state index contributed by atoms with van der Waals surface area (Å²) in [6.07, 6.45) is 5.80. The number of benzene rings is 2. The number of nitrogens with one attached hydrogen (secondary N) is 1. The van der Waals surface area contributed by atoms with Gasteiger partial charge < -0.3 is 5.32 Å². The van der Waals surface area contributed by atoms with Crippen LogP contribution in [0.2, 0.25) is 0 Å². The lowest BCUT2D eigenvalue weighted by Crippen LogP contribution is -2.54. The predicted molar refractivity (Wildman–Crippen MR) is 131 cm³/mol. The molecule has 34 heavy (non-hydrogen) atoms. The Labute approximate surface area is 200 Å². The van der Waals surface area contributed by atoms with Gasteiger partial charge in [-0.2, -0.15) is 5.10 Å². The van der Waals surface area contributed by atoms with E-state index in [0.29, 0.717) is 6.54 Å². The van der Waals surface area contributed by atoms with E-state index in [4.69, 9.17) is 5.10 Å². The van der Waals surface area contributed by atoms with Gasteiger partial charge in [0.25, 0.3) is 5.91 Å². The van der Waals surface area contributed by atoms with Crippen LogP contribution in [-0.2, 0) is 11.3 Å². The maximum absolute atomic E-state index is 13.4. The van der Waals surface area contributed by atoms with Crippen LogP contribution in [0.15, 0.2) is 66.9 Å². The SMILES string of the molecule is CC1CCCCC12NC(=O)N(CN(C)Cc1cn(-c3ccccc3)nc1-c1ccccc1)C2=O. The van der Waals surface area contributed by atoms with Crippen LogP contribution in [0.3, 0.4) is 0 Å². The molecule has 1 N–H and O–H groups in total. The van der Waals surface area contributed by atoms with Crippen molar-refractivity contribution >= 4 is 11.9 Å². The summed E-state index contributed by atoms with van der Waals surface area (Å²) in [5, 5.41) is 7.92. The maximum atomic E-state index is 13.4. The summed E-state index contributed by atoms with van der Waals surface area (Å²) in [5.74, 6) is 0.0709. The Morgan fingerprint density at radius 3 is 2.47 bits per heavy atom. The fourth-order valence-corrected chi connectivity index (χ4v) is 5.28. The second-order valence-electron chi connectivity index (χ2n) is 9.59. The minimum atomic E-state index is -0.733. The second-order valence-corrected chi connectivity index (χ2v) is 9.59. The van der Waals surface area contributed by atoms with E-state index in [0.717, 1.165) is 48.2 Å². The number of nitrogens with zero attached hydrogens (tertiary/aromatic N) is 4. The molecule has 1 saturated heterocycles. The van der Waals surface area contributed by atoms with Crippen molar-refractivity contribution in [3.8, 4) is 16.9 Å². The quantitative estimate of drug-likeness (QED) is 0.556. The van der Waals surface area contributed by atoms with Gasteiger partial charge in [0, 0.05) is 23.9 Å². The fourth-order valence-electron chi connectivity index (χ4n) is 5.28. The lowest BCUT2D eigenvalue weighted by atomic mass is 9.73. The van der Waals surface area contributed by atoms with Gasteiger partial charge in [-0.15, -0.1) is 0 Å². The highest BCUT2D eigenvalue weighted by Crippen LogP contribution is 2.38. The molecular weight excluding hydrogens is 426 g/mol. The Morgan fingerprint density at radius 2 is 1.76 bits per heavy atom. The van der Waals surface area contributed by atoms with E-state index in [9.17, 15) is 9.59 Å². The molecule has 0 bridgehead atoms. The van der Waals surface area contributed by atoms with Gasteiger partial charge in [-0.05, 0) is 37.9 Å². The van der Waals surface area contributed by atoms with Crippen LogP contribution >= 0.6 is 0 Å². The van der Waals surface area contributed by atoms with Crippen LogP contribution in [0, 0.1) is 5.92 Å². The highest BCUT2D eigenvalue weighted by Gasteiger charge is 2.54. The monoisotopic (exact) mass is 457 g/mol. The topological polar surface area (TPSA) is 70.5 Å². The normalized spacial score (nSPS) is 22.6. The molecule has 1 spiro atoms. The Bertz CT molecular complexity index is 1180. The van der Waals surface area contributed by atoms with Crippen LogP contribution in [0.5, 0.6) is 0 Å². The molecule has 2 aromatic carbocycles. The molecule has 3 amide bonds. The minimum absolute atomic E-state index is 0.0835. The molecule has 7 heteroatoms. The van der Waals surface area contributed by atoms with Gasteiger partial charge in [0.15, 0.2) is 0 Å². The first-order valence-electron chi connectivity index (χ1n) is 12.0. The number of para-hydroxylation sites is 1. The number of amides is 3. The summed E-state index contributed by atoms with van der Waals surface area (Å²) in [6.45, 7) is 2.87. The zero-order valence-electron chi connectivity index (χ0n) is 19.8. The molecule has 2 unspecified atom stereocenters. The summed E-state index contributed by atoms with van der Waals surface area (Å²) in [6, 6.07) is 19.8. The van der Waals surface area contributed by atoms with E-state index in [1.807, 2.05) is 83.5 Å². The number of aromatic nitrogens is 2. The Balaban J connectivity index is 1.38. The number of urea groups is 1. The lowest BCUT2D eigenvalue weighted by Gasteiger charge is -2.37. The first-order chi connectivity index (χ1) is 16.5. The van der Waals surface area contributed by atoms with Gasteiger partial charge in [-0.3, -0.25) is 9.69 Å². The van der Waals surface area contributed by atoms with E-state index in [1.54, 1.807) is 0 Å². The molecule has 1 aromatic heterocycles. The molecule has 176 valence electrons. The number of carbonyl (C=O) groups is 2. The number of rotatable bonds is 6. The van der Waals surface area contributed by atoms with Crippen molar-refractivity contribution in [1.29, 1.82) is 0 Å². The fraction of sp³-hybridized carbons (Fsp3) is 0.370. The predicted octanol–water partition coefficient (Wildman–Crippen LogP) is 4.43. The molecule has 7 nitrogen and oxygen atoms in total. The average Bonchev–Trinajstić information content (AvgIpc) is 3.37. The zero-order valence-corrected chi connectivity index (χ0v) is 19.8. The number of hydrogen-bond acceptors (Lipinski definition) is 4. The van der Waals surface area contributed by atoms with E-state index in [1.165, 1.54) is 4.90 Å². The molecule has 2 aliphatic rings. The van der Waals surface area contributed by atoms with Crippen molar-refractivity contribution in [2.24, 2.45) is 5.92 Å². The van der Waals surface area contributed by atoms with E-state index in [-0.39, 0.29) is 24.5 Å². The summed E-state index contributed by atoms with van der Waals surface area (Å²) in [4.78, 5) is 29.6. The van der Waals surface area contributed by atoms with Crippen molar-refractivity contribution < 1.29 is 9.59 Å². The number of carbonyl (C=O) groups excluding carboxylic acids is 2. The molecule has 1 saturated carbocycles. The van der Waals surface area contributed by atoms with E-state index < -0.39 is 5.54 Å². The first kappa shape index (κ1) is 22.3. The third kappa shape index (κ3) is 4.01. The Kier molecular flexibility index (Phi) is 5.96. The summed E-state index contributed by atoms with van der Waals surface area (Å²) in [7, 11) is 1.94. The van der Waals surface area contributed by atoms with Crippen LogP contribution < -0.4 is 5.32 Å². The Morgan fingerprint density at radius 1 is 1.06 bits per heavy atom. The second kappa shape index (κ2) is 9.06. The number of hydrogen-bond donors (Lipinski definition) is 1. The molecular formula is C27H31N5O2. The van der Waals surface area contributed by atoms with Crippen molar-refractivity contribution in [3.63, 3.8) is 0 Å². The van der Waals surface area contributed by atoms with Gasteiger partial charge in [0.2, 0.25) is 0 Å². The zero-order chi connectivity index (χ0) is 23.7. The van der Waals surface area contributed by atoms with Gasteiger partial charge >= 0.3 is 6.03 Å². The largest absolute Gasteiger partial charge is 0.326 e. The standard InChI is InChI=1S/C27H31N5O2/c1-20-11-9-10-16-27(20)25(33)31(26(34)28-27)19-30(2)17-22-18-32(23-14-7-4-8-15-23)29-24(22)21-12-5-3-6-13-21/h3-8,12-15,18,20H,9-11,16-17,19H2,1-2H3,(H,28,34). The molecule has 2 atom stereocenters. The molecule has 2 fully saturated rings. The van der Waals surface area contributed by atoms with Crippen LogP contribution in [0.4, 0.5) is 4.79 Å². The minimum Gasteiger partial charge on any atom is -0.323 e. The van der Waals surface area contributed by atoms with Crippen LogP contribution in [-0.4, -0.2) is 50.8 Å². The molecule has 5 rings (SSSR count). The summed E-state index contributed by atoms with van der Waals surface area (Å²) >= 11 is 0. The van der Waals surface area contributed by atoms with Crippen molar-refractivity contribution in [1.82, 2.24) is 24.9 Å². The van der Waals surface area contributed by atoms with E-state index in [2.05, 4.69) is 12.2 Å². The van der Waals surface area contributed by atoms with Crippen molar-refractivity contribution in [2.45, 2.75) is 44.7 Å². The van der Waals surface area contributed by atoms with Crippen LogP contribution in [0.1, 0.15) is 38.2 Å². The van der Waals surface area contributed by atoms with Gasteiger partial charge in [-0.1, -0.05) is 68.3 Å². The molecule has 1 aliphatic heterocycles. The maximum Gasteiger partial charge on any atom is 0.326 e. The third-order valence-electron chi connectivity index (χ3n) is 7.18. The van der Waals surface area contributed by atoms with Gasteiger partial charge in [0.1, 0.15) is 5.54 Å².